The van der Waals surface area contributed by atoms with Crippen LogP contribution < -0.4 is 5.32 Å². The van der Waals surface area contributed by atoms with Crippen LogP contribution in [0.15, 0.2) is 12.2 Å². The Morgan fingerprint density at radius 1 is 1.80 bits per heavy atom. The molecule has 1 rings (SSSR count). The van der Waals surface area contributed by atoms with Gasteiger partial charge in [-0.1, -0.05) is 12.2 Å². The van der Waals surface area contributed by atoms with E-state index in [9.17, 15) is 9.18 Å². The summed E-state index contributed by atoms with van der Waals surface area (Å²) in [6, 6.07) is 0. The molecule has 1 aliphatic heterocycles. The summed E-state index contributed by atoms with van der Waals surface area (Å²) in [4.78, 5) is 11.6. The summed E-state index contributed by atoms with van der Waals surface area (Å²) in [7, 11) is 1.29. The van der Waals surface area contributed by atoms with Crippen LogP contribution in [-0.4, -0.2) is 37.2 Å². The van der Waals surface area contributed by atoms with E-state index in [1.165, 1.54) is 7.11 Å². The van der Waals surface area contributed by atoms with Crippen LogP contribution in [0.25, 0.3) is 0 Å². The maximum absolute atomic E-state index is 13.1. The van der Waals surface area contributed by atoms with Crippen LogP contribution in [0.3, 0.4) is 0 Å². The molecule has 1 N–H and O–H groups in total. The molecule has 0 aromatic rings. The molecule has 0 aliphatic carbocycles. The van der Waals surface area contributed by atoms with E-state index in [1.807, 2.05) is 0 Å². The smallest absolute Gasteiger partial charge is 0.326 e. The maximum atomic E-state index is 13.1. The quantitative estimate of drug-likeness (QED) is 0.455. The molecular formula is C10H15ClFNO2. The van der Waals surface area contributed by atoms with Gasteiger partial charge < -0.3 is 4.74 Å². The largest absolute Gasteiger partial charge is 0.468 e. The van der Waals surface area contributed by atoms with E-state index in [0.717, 1.165) is 0 Å². The first-order chi connectivity index (χ1) is 7.04. The highest BCUT2D eigenvalue weighted by Crippen LogP contribution is 2.29. The molecule has 0 aromatic heterocycles. The van der Waals surface area contributed by atoms with Gasteiger partial charge in [0.25, 0.3) is 0 Å². The lowest BCUT2D eigenvalue weighted by molar-refractivity contribution is -0.148. The Hall–Kier alpha value is -0.610. The summed E-state index contributed by atoms with van der Waals surface area (Å²) in [5, 5.41) is 2.87. The average molecular weight is 236 g/mol. The van der Waals surface area contributed by atoms with Crippen LogP contribution in [0.2, 0.25) is 0 Å². The van der Waals surface area contributed by atoms with Crippen molar-refractivity contribution < 1.29 is 13.9 Å². The minimum atomic E-state index is -1.02. The molecule has 0 unspecified atom stereocenters. The van der Waals surface area contributed by atoms with Crippen LogP contribution in [0.1, 0.15) is 12.8 Å². The highest BCUT2D eigenvalue weighted by molar-refractivity contribution is 6.19. The Kier molecular flexibility index (Phi) is 4.11. The molecule has 0 saturated carbocycles. The number of rotatable bonds is 4. The van der Waals surface area contributed by atoms with E-state index in [0.29, 0.717) is 12.0 Å². The van der Waals surface area contributed by atoms with E-state index in [1.54, 1.807) is 0 Å². The normalized spacial score (nSPS) is 30.2. The van der Waals surface area contributed by atoms with Crippen LogP contribution in [-0.2, 0) is 9.53 Å². The van der Waals surface area contributed by atoms with Crippen molar-refractivity contribution in [1.82, 2.24) is 5.32 Å². The molecule has 2 atom stereocenters. The highest BCUT2D eigenvalue weighted by atomic mass is 35.5. The summed E-state index contributed by atoms with van der Waals surface area (Å²) in [5.74, 6) is -0.189. The van der Waals surface area contributed by atoms with Gasteiger partial charge in [0, 0.05) is 18.8 Å². The zero-order valence-corrected chi connectivity index (χ0v) is 9.44. The summed E-state index contributed by atoms with van der Waals surface area (Å²) in [5.41, 5.74) is -0.274. The van der Waals surface area contributed by atoms with Crippen LogP contribution in [0, 0.1) is 0 Å². The van der Waals surface area contributed by atoms with Gasteiger partial charge in [-0.25, -0.2) is 4.39 Å². The van der Waals surface area contributed by atoms with Crippen molar-refractivity contribution in [1.29, 1.82) is 0 Å². The minimum Gasteiger partial charge on any atom is -0.468 e. The number of methoxy groups -OCH3 is 1. The van der Waals surface area contributed by atoms with Crippen molar-refractivity contribution in [2.24, 2.45) is 0 Å². The lowest BCUT2D eigenvalue weighted by atomic mass is 9.90. The standard InChI is InChI=1S/C10H15ClFNO2/c1-7(5-11)3-10(9(14)15-2)4-8(12)6-13-10/h8,13H,1,3-6H2,2H3/t8-,10-/m1/s1. The van der Waals surface area contributed by atoms with Gasteiger partial charge in [-0.2, -0.15) is 0 Å². The molecule has 0 spiro atoms. The number of hydrogen-bond acceptors (Lipinski definition) is 3. The SMILES string of the molecule is C=C(CCl)C[C@]1(C(=O)OC)C[C@@H](F)CN1. The Labute approximate surface area is 93.6 Å². The van der Waals surface area contributed by atoms with Crippen molar-refractivity contribution in [2.75, 3.05) is 19.5 Å². The van der Waals surface area contributed by atoms with Crippen molar-refractivity contribution >= 4 is 17.6 Å². The lowest BCUT2D eigenvalue weighted by Crippen LogP contribution is -2.48. The maximum Gasteiger partial charge on any atom is 0.326 e. The summed E-state index contributed by atoms with van der Waals surface area (Å²) in [6.07, 6.45) is -0.577. The first kappa shape index (κ1) is 12.5. The molecule has 1 fully saturated rings. The third-order valence-corrected chi connectivity index (χ3v) is 2.93. The highest BCUT2D eigenvalue weighted by Gasteiger charge is 2.46. The first-order valence-corrected chi connectivity index (χ1v) is 5.27. The number of carbonyl (C=O) groups excluding carboxylic acids is 1. The van der Waals surface area contributed by atoms with Gasteiger partial charge in [-0.05, 0) is 6.42 Å². The first-order valence-electron chi connectivity index (χ1n) is 4.74. The number of halogens is 2. The van der Waals surface area contributed by atoms with Gasteiger partial charge >= 0.3 is 5.97 Å². The van der Waals surface area contributed by atoms with Crippen molar-refractivity contribution in [3.05, 3.63) is 12.2 Å². The second-order valence-corrected chi connectivity index (χ2v) is 4.08. The van der Waals surface area contributed by atoms with Gasteiger partial charge in [-0.3, -0.25) is 10.1 Å². The number of nitrogens with one attached hydrogen (secondary N) is 1. The van der Waals surface area contributed by atoms with Crippen LogP contribution >= 0.6 is 11.6 Å². The van der Waals surface area contributed by atoms with Gasteiger partial charge in [0.1, 0.15) is 11.7 Å². The number of hydrogen-bond donors (Lipinski definition) is 1. The van der Waals surface area contributed by atoms with Gasteiger partial charge in [0.15, 0.2) is 0 Å². The second kappa shape index (κ2) is 4.94. The van der Waals surface area contributed by atoms with Crippen molar-refractivity contribution in [3.8, 4) is 0 Å². The molecule has 0 amide bonds. The third-order valence-electron chi connectivity index (χ3n) is 2.55. The molecule has 3 nitrogen and oxygen atoms in total. The Balaban J connectivity index is 2.78. The van der Waals surface area contributed by atoms with E-state index in [4.69, 9.17) is 11.6 Å². The molecule has 5 heteroatoms. The van der Waals surface area contributed by atoms with Crippen molar-refractivity contribution in [2.45, 2.75) is 24.6 Å². The molecule has 0 aromatic carbocycles. The van der Waals surface area contributed by atoms with Gasteiger partial charge in [-0.15, -0.1) is 11.6 Å². The lowest BCUT2D eigenvalue weighted by Gasteiger charge is -2.26. The van der Waals surface area contributed by atoms with E-state index in [-0.39, 0.29) is 18.8 Å². The summed E-state index contributed by atoms with van der Waals surface area (Å²) < 4.78 is 17.8. The van der Waals surface area contributed by atoms with Gasteiger partial charge in [0.05, 0.1) is 7.11 Å². The Bertz CT molecular complexity index is 272. The van der Waals surface area contributed by atoms with E-state index >= 15 is 0 Å². The number of ether oxygens (including phenoxy) is 1. The van der Waals surface area contributed by atoms with E-state index in [2.05, 4.69) is 16.6 Å². The molecule has 1 aliphatic rings. The number of alkyl halides is 2. The topological polar surface area (TPSA) is 38.3 Å². The van der Waals surface area contributed by atoms with Crippen LogP contribution in [0.4, 0.5) is 4.39 Å². The molecule has 1 heterocycles. The predicted octanol–water partition coefficient (Wildman–Crippen LogP) is 1.41. The van der Waals surface area contributed by atoms with Crippen LogP contribution in [0.5, 0.6) is 0 Å². The third kappa shape index (κ3) is 2.69. The fourth-order valence-corrected chi connectivity index (χ4v) is 1.95. The second-order valence-electron chi connectivity index (χ2n) is 3.82. The summed E-state index contributed by atoms with van der Waals surface area (Å²) in [6.45, 7) is 3.89. The molecule has 0 bridgehead atoms. The molecule has 0 radical (unpaired) electrons. The molecule has 15 heavy (non-hydrogen) atoms. The zero-order valence-electron chi connectivity index (χ0n) is 8.69. The van der Waals surface area contributed by atoms with Gasteiger partial charge in [0.2, 0.25) is 0 Å². The van der Waals surface area contributed by atoms with Crippen molar-refractivity contribution in [3.63, 3.8) is 0 Å². The average Bonchev–Trinajstić information content (AvgIpc) is 2.59. The minimum absolute atomic E-state index is 0.121. The number of carbonyl (C=O) groups is 1. The number of esters is 1. The predicted molar refractivity (Wildman–Crippen MR) is 56.7 cm³/mol. The summed E-state index contributed by atoms with van der Waals surface area (Å²) >= 11 is 5.60. The molecule has 1 saturated heterocycles. The van der Waals surface area contributed by atoms with E-state index < -0.39 is 17.7 Å². The molecular weight excluding hydrogens is 221 g/mol. The molecule has 86 valence electrons. The zero-order chi connectivity index (χ0) is 11.5. The fraction of sp³-hybridized carbons (Fsp3) is 0.700. The Morgan fingerprint density at radius 3 is 2.87 bits per heavy atom. The fourth-order valence-electron chi connectivity index (χ4n) is 1.86. The Morgan fingerprint density at radius 2 is 2.47 bits per heavy atom. The monoisotopic (exact) mass is 235 g/mol.